The predicted octanol–water partition coefficient (Wildman–Crippen LogP) is 3.29. The maximum atomic E-state index is 4.44. The van der Waals surface area contributed by atoms with Gasteiger partial charge in [0.05, 0.1) is 5.52 Å². The number of hydrogen-bond donors (Lipinski definition) is 1. The van der Waals surface area contributed by atoms with Crippen LogP contribution in [0.25, 0.3) is 10.9 Å². The Bertz CT molecular complexity index is 512. The molecule has 0 fully saturated rings. The van der Waals surface area contributed by atoms with Crippen molar-refractivity contribution in [2.45, 2.75) is 19.9 Å². The Kier molecular flexibility index (Phi) is 3.89. The molecule has 1 aromatic carbocycles. The number of nitrogens with zero attached hydrogens (tertiary/aromatic N) is 1. The van der Waals surface area contributed by atoms with Crippen LogP contribution in [0, 0.1) is 0 Å². The maximum Gasteiger partial charge on any atom is 0.0746 e. The fourth-order valence-corrected chi connectivity index (χ4v) is 1.81. The standard InChI is InChI=1S/C15H18N2/c1-3-12(2)10-16-11-14-7-4-6-13-8-5-9-17-15(13)14/h4-9,16H,2-3,10-11H2,1H3. The maximum absolute atomic E-state index is 4.44. The van der Waals surface area contributed by atoms with E-state index in [9.17, 15) is 0 Å². The number of fused-ring (bicyclic) bond motifs is 1. The summed E-state index contributed by atoms with van der Waals surface area (Å²) in [6.07, 6.45) is 2.87. The van der Waals surface area contributed by atoms with Crippen molar-refractivity contribution in [3.05, 3.63) is 54.2 Å². The van der Waals surface area contributed by atoms with Gasteiger partial charge in [0.2, 0.25) is 0 Å². The lowest BCUT2D eigenvalue weighted by atomic mass is 10.1. The highest BCUT2D eigenvalue weighted by Gasteiger charge is 2.00. The lowest BCUT2D eigenvalue weighted by Gasteiger charge is -2.08. The van der Waals surface area contributed by atoms with Gasteiger partial charge in [-0.15, -0.1) is 0 Å². The van der Waals surface area contributed by atoms with Crippen molar-refractivity contribution in [3.63, 3.8) is 0 Å². The molecule has 1 aromatic heterocycles. The first kappa shape index (κ1) is 11.8. The van der Waals surface area contributed by atoms with Crippen molar-refractivity contribution < 1.29 is 0 Å². The van der Waals surface area contributed by atoms with E-state index in [0.29, 0.717) is 0 Å². The van der Waals surface area contributed by atoms with Crippen LogP contribution in [-0.4, -0.2) is 11.5 Å². The van der Waals surface area contributed by atoms with Crippen LogP contribution in [0.1, 0.15) is 18.9 Å². The quantitative estimate of drug-likeness (QED) is 0.791. The lowest BCUT2D eigenvalue weighted by molar-refractivity contribution is 0.730. The van der Waals surface area contributed by atoms with Crippen molar-refractivity contribution in [2.24, 2.45) is 0 Å². The van der Waals surface area contributed by atoms with E-state index in [-0.39, 0.29) is 0 Å². The number of benzene rings is 1. The largest absolute Gasteiger partial charge is 0.309 e. The zero-order chi connectivity index (χ0) is 12.1. The van der Waals surface area contributed by atoms with E-state index < -0.39 is 0 Å². The Labute approximate surface area is 102 Å². The first-order valence-corrected chi connectivity index (χ1v) is 6.01. The Morgan fingerprint density at radius 2 is 2.12 bits per heavy atom. The molecule has 0 saturated carbocycles. The summed E-state index contributed by atoms with van der Waals surface area (Å²) in [6.45, 7) is 7.83. The van der Waals surface area contributed by atoms with Crippen LogP contribution in [0.2, 0.25) is 0 Å². The minimum Gasteiger partial charge on any atom is -0.309 e. The summed E-state index contributed by atoms with van der Waals surface area (Å²) >= 11 is 0. The van der Waals surface area contributed by atoms with Crippen LogP contribution in [0.15, 0.2) is 48.7 Å². The van der Waals surface area contributed by atoms with Gasteiger partial charge in [0.15, 0.2) is 0 Å². The van der Waals surface area contributed by atoms with Crippen LogP contribution in [0.3, 0.4) is 0 Å². The molecular weight excluding hydrogens is 208 g/mol. The molecule has 0 amide bonds. The molecule has 88 valence electrons. The van der Waals surface area contributed by atoms with E-state index in [4.69, 9.17) is 0 Å². The third-order valence-electron chi connectivity index (χ3n) is 2.91. The van der Waals surface area contributed by atoms with Crippen molar-refractivity contribution >= 4 is 10.9 Å². The molecule has 2 heteroatoms. The molecular formula is C15H18N2. The molecule has 0 aliphatic heterocycles. The summed E-state index contributed by atoms with van der Waals surface area (Å²) in [6, 6.07) is 10.4. The van der Waals surface area contributed by atoms with Crippen molar-refractivity contribution in [3.8, 4) is 0 Å². The molecule has 2 nitrogen and oxygen atoms in total. The van der Waals surface area contributed by atoms with Gasteiger partial charge in [-0.3, -0.25) is 4.98 Å². The van der Waals surface area contributed by atoms with Crippen LogP contribution in [0.5, 0.6) is 0 Å². The third kappa shape index (κ3) is 2.92. The van der Waals surface area contributed by atoms with Gasteiger partial charge in [-0.05, 0) is 18.1 Å². The van der Waals surface area contributed by atoms with Gasteiger partial charge in [0.1, 0.15) is 0 Å². The second-order valence-electron chi connectivity index (χ2n) is 4.20. The zero-order valence-corrected chi connectivity index (χ0v) is 10.2. The molecule has 0 aliphatic carbocycles. The number of rotatable bonds is 5. The topological polar surface area (TPSA) is 24.9 Å². The Balaban J connectivity index is 2.11. The smallest absolute Gasteiger partial charge is 0.0746 e. The molecule has 0 unspecified atom stereocenters. The molecule has 0 spiro atoms. The van der Waals surface area contributed by atoms with E-state index in [2.05, 4.69) is 48.1 Å². The minimum absolute atomic E-state index is 0.841. The first-order chi connectivity index (χ1) is 8.31. The summed E-state index contributed by atoms with van der Waals surface area (Å²) in [5.74, 6) is 0. The number of para-hydroxylation sites is 1. The molecule has 17 heavy (non-hydrogen) atoms. The molecule has 0 aliphatic rings. The van der Waals surface area contributed by atoms with Crippen molar-refractivity contribution in [1.82, 2.24) is 10.3 Å². The van der Waals surface area contributed by atoms with Gasteiger partial charge < -0.3 is 5.32 Å². The van der Waals surface area contributed by atoms with E-state index in [1.165, 1.54) is 16.5 Å². The second-order valence-corrected chi connectivity index (χ2v) is 4.20. The monoisotopic (exact) mass is 226 g/mol. The molecule has 1 N–H and O–H groups in total. The SMILES string of the molecule is C=C(CC)CNCc1cccc2cccnc12. The fraction of sp³-hybridized carbons (Fsp3) is 0.267. The van der Waals surface area contributed by atoms with Crippen molar-refractivity contribution in [1.29, 1.82) is 0 Å². The summed E-state index contributed by atoms with van der Waals surface area (Å²) in [5.41, 5.74) is 3.56. The van der Waals surface area contributed by atoms with Gasteiger partial charge in [0.25, 0.3) is 0 Å². The van der Waals surface area contributed by atoms with Gasteiger partial charge in [0, 0.05) is 24.7 Å². The number of hydrogen-bond acceptors (Lipinski definition) is 2. The lowest BCUT2D eigenvalue weighted by Crippen LogP contribution is -2.16. The highest BCUT2D eigenvalue weighted by molar-refractivity contribution is 5.81. The first-order valence-electron chi connectivity index (χ1n) is 6.01. The van der Waals surface area contributed by atoms with Gasteiger partial charge in [-0.25, -0.2) is 0 Å². The third-order valence-corrected chi connectivity index (χ3v) is 2.91. The Morgan fingerprint density at radius 1 is 1.29 bits per heavy atom. The molecule has 2 aromatic rings. The molecule has 2 rings (SSSR count). The van der Waals surface area contributed by atoms with E-state index in [1.807, 2.05) is 12.3 Å². The summed E-state index contributed by atoms with van der Waals surface area (Å²) in [5, 5.41) is 4.60. The normalized spacial score (nSPS) is 10.6. The van der Waals surface area contributed by atoms with E-state index in [1.54, 1.807) is 0 Å². The predicted molar refractivity (Wildman–Crippen MR) is 72.9 cm³/mol. The van der Waals surface area contributed by atoms with Crippen LogP contribution < -0.4 is 5.32 Å². The van der Waals surface area contributed by atoms with Crippen molar-refractivity contribution in [2.75, 3.05) is 6.54 Å². The van der Waals surface area contributed by atoms with Crippen LogP contribution in [0.4, 0.5) is 0 Å². The summed E-state index contributed by atoms with van der Waals surface area (Å²) in [7, 11) is 0. The molecule has 0 saturated heterocycles. The number of pyridine rings is 1. The van der Waals surface area contributed by atoms with Gasteiger partial charge in [-0.2, -0.15) is 0 Å². The molecule has 1 heterocycles. The van der Waals surface area contributed by atoms with E-state index >= 15 is 0 Å². The summed E-state index contributed by atoms with van der Waals surface area (Å²) < 4.78 is 0. The average Bonchev–Trinajstić information content (AvgIpc) is 2.39. The highest BCUT2D eigenvalue weighted by atomic mass is 14.9. The highest BCUT2D eigenvalue weighted by Crippen LogP contribution is 2.15. The molecule has 0 radical (unpaired) electrons. The van der Waals surface area contributed by atoms with Crippen LogP contribution in [-0.2, 0) is 6.54 Å². The number of aromatic nitrogens is 1. The minimum atomic E-state index is 0.841. The van der Waals surface area contributed by atoms with Gasteiger partial charge >= 0.3 is 0 Å². The second kappa shape index (κ2) is 5.60. The van der Waals surface area contributed by atoms with Crippen LogP contribution >= 0.6 is 0 Å². The average molecular weight is 226 g/mol. The number of nitrogens with one attached hydrogen (secondary N) is 1. The summed E-state index contributed by atoms with van der Waals surface area (Å²) in [4.78, 5) is 4.44. The molecule has 0 atom stereocenters. The zero-order valence-electron chi connectivity index (χ0n) is 10.2. The Morgan fingerprint density at radius 3 is 2.94 bits per heavy atom. The molecule has 0 bridgehead atoms. The Hall–Kier alpha value is -1.67. The fourth-order valence-electron chi connectivity index (χ4n) is 1.81. The van der Waals surface area contributed by atoms with E-state index in [0.717, 1.165) is 25.0 Å². The van der Waals surface area contributed by atoms with Gasteiger partial charge in [-0.1, -0.05) is 43.3 Å².